The SMILES string of the molecule is CCCCc1nc(C(C)(C)C)nn1Cc1ccc(-c2ncccc2-c2nnn[nH]2)cc1. The number of benzene rings is 1. The monoisotopic (exact) mass is 416 g/mol. The number of aromatic amines is 1. The van der Waals surface area contributed by atoms with Gasteiger partial charge in [-0.2, -0.15) is 5.10 Å². The van der Waals surface area contributed by atoms with Crippen molar-refractivity contribution in [1.82, 2.24) is 40.4 Å². The molecule has 0 saturated carbocycles. The van der Waals surface area contributed by atoms with E-state index < -0.39 is 0 Å². The molecule has 0 aliphatic heterocycles. The minimum atomic E-state index is -0.0684. The van der Waals surface area contributed by atoms with Gasteiger partial charge in [0.05, 0.1) is 12.2 Å². The van der Waals surface area contributed by atoms with E-state index in [1.54, 1.807) is 6.20 Å². The van der Waals surface area contributed by atoms with E-state index in [0.717, 1.165) is 47.7 Å². The summed E-state index contributed by atoms with van der Waals surface area (Å²) in [7, 11) is 0. The van der Waals surface area contributed by atoms with Crippen LogP contribution in [0.15, 0.2) is 42.6 Å². The van der Waals surface area contributed by atoms with Gasteiger partial charge in [0.25, 0.3) is 0 Å². The van der Waals surface area contributed by atoms with Crippen molar-refractivity contribution >= 4 is 0 Å². The highest BCUT2D eigenvalue weighted by Gasteiger charge is 2.21. The molecule has 0 atom stereocenters. The van der Waals surface area contributed by atoms with Crippen molar-refractivity contribution in [3.8, 4) is 22.6 Å². The molecule has 0 aliphatic carbocycles. The Hall–Kier alpha value is -3.42. The summed E-state index contributed by atoms with van der Waals surface area (Å²) in [4.78, 5) is 9.39. The number of rotatable bonds is 7. The molecule has 1 aromatic carbocycles. The Bertz CT molecular complexity index is 1120. The molecule has 1 N–H and O–H groups in total. The van der Waals surface area contributed by atoms with Crippen molar-refractivity contribution in [3.63, 3.8) is 0 Å². The van der Waals surface area contributed by atoms with Gasteiger partial charge >= 0.3 is 0 Å². The molecule has 0 unspecified atom stereocenters. The number of nitrogens with zero attached hydrogens (tertiary/aromatic N) is 7. The molecule has 0 aliphatic rings. The summed E-state index contributed by atoms with van der Waals surface area (Å²) < 4.78 is 2.05. The minimum Gasteiger partial charge on any atom is -0.255 e. The van der Waals surface area contributed by atoms with Gasteiger partial charge in [0.15, 0.2) is 11.6 Å². The smallest absolute Gasteiger partial charge is 0.181 e. The van der Waals surface area contributed by atoms with Gasteiger partial charge in [-0.3, -0.25) is 4.98 Å². The van der Waals surface area contributed by atoms with E-state index >= 15 is 0 Å². The van der Waals surface area contributed by atoms with E-state index in [-0.39, 0.29) is 5.41 Å². The van der Waals surface area contributed by atoms with Gasteiger partial charge in [-0.25, -0.2) is 14.8 Å². The predicted molar refractivity (Wildman–Crippen MR) is 119 cm³/mol. The molecule has 31 heavy (non-hydrogen) atoms. The van der Waals surface area contributed by atoms with Gasteiger partial charge in [-0.15, -0.1) is 5.10 Å². The third-order valence-electron chi connectivity index (χ3n) is 5.14. The molecular formula is C23H28N8. The van der Waals surface area contributed by atoms with Crippen molar-refractivity contribution < 1.29 is 0 Å². The number of aryl methyl sites for hydroxylation is 1. The molecule has 0 amide bonds. The molecular weight excluding hydrogens is 388 g/mol. The zero-order valence-electron chi connectivity index (χ0n) is 18.5. The van der Waals surface area contributed by atoms with Crippen LogP contribution >= 0.6 is 0 Å². The standard InChI is InChI=1S/C23H28N8/c1-5-6-9-19-25-22(23(2,3)4)28-31(19)15-16-10-12-17(13-11-16)20-18(8-7-14-24-20)21-26-29-30-27-21/h7-8,10-14H,5-6,9,15H2,1-4H3,(H,26,27,29,30). The second kappa shape index (κ2) is 8.75. The number of nitrogens with one attached hydrogen (secondary N) is 1. The molecule has 8 heteroatoms. The van der Waals surface area contributed by atoms with Gasteiger partial charge in [-0.1, -0.05) is 58.4 Å². The topological polar surface area (TPSA) is 98.1 Å². The number of unbranched alkanes of at least 4 members (excludes halogenated alkanes) is 1. The van der Waals surface area contributed by atoms with Crippen molar-refractivity contribution in [2.45, 2.75) is 58.9 Å². The van der Waals surface area contributed by atoms with E-state index in [9.17, 15) is 0 Å². The Balaban J connectivity index is 1.60. The van der Waals surface area contributed by atoms with Crippen molar-refractivity contribution in [1.29, 1.82) is 0 Å². The van der Waals surface area contributed by atoms with Crippen LogP contribution in [0.1, 0.15) is 57.7 Å². The highest BCUT2D eigenvalue weighted by molar-refractivity contribution is 5.76. The van der Waals surface area contributed by atoms with Crippen molar-refractivity contribution in [2.24, 2.45) is 0 Å². The largest absolute Gasteiger partial charge is 0.255 e. The van der Waals surface area contributed by atoms with Crippen LogP contribution in [0, 0.1) is 0 Å². The molecule has 3 heterocycles. The maximum atomic E-state index is 4.84. The van der Waals surface area contributed by atoms with E-state index in [1.807, 2.05) is 12.1 Å². The Morgan fingerprint density at radius 3 is 2.55 bits per heavy atom. The molecule has 4 rings (SSSR count). The van der Waals surface area contributed by atoms with Crippen LogP contribution in [-0.4, -0.2) is 40.4 Å². The van der Waals surface area contributed by atoms with Crippen LogP contribution in [0.25, 0.3) is 22.6 Å². The van der Waals surface area contributed by atoms with Gasteiger partial charge < -0.3 is 0 Å². The fraction of sp³-hybridized carbons (Fsp3) is 0.391. The average molecular weight is 417 g/mol. The third-order valence-corrected chi connectivity index (χ3v) is 5.14. The first-order valence-electron chi connectivity index (χ1n) is 10.7. The maximum absolute atomic E-state index is 4.84. The van der Waals surface area contributed by atoms with E-state index in [0.29, 0.717) is 12.4 Å². The molecule has 0 fully saturated rings. The van der Waals surface area contributed by atoms with Crippen molar-refractivity contribution in [3.05, 3.63) is 59.8 Å². The van der Waals surface area contributed by atoms with Crippen LogP contribution in [0.4, 0.5) is 0 Å². The molecule has 160 valence electrons. The number of pyridine rings is 1. The van der Waals surface area contributed by atoms with Gasteiger partial charge in [0.1, 0.15) is 5.82 Å². The number of hydrogen-bond donors (Lipinski definition) is 1. The van der Waals surface area contributed by atoms with Crippen LogP contribution in [-0.2, 0) is 18.4 Å². The fourth-order valence-corrected chi connectivity index (χ4v) is 3.38. The lowest BCUT2D eigenvalue weighted by Crippen LogP contribution is -2.14. The van der Waals surface area contributed by atoms with E-state index in [2.05, 4.69) is 82.3 Å². The fourth-order valence-electron chi connectivity index (χ4n) is 3.38. The van der Waals surface area contributed by atoms with Crippen LogP contribution < -0.4 is 0 Å². The molecule has 0 bridgehead atoms. The quantitative estimate of drug-likeness (QED) is 0.485. The van der Waals surface area contributed by atoms with Crippen LogP contribution in [0.2, 0.25) is 0 Å². The summed E-state index contributed by atoms with van der Waals surface area (Å²) in [5.41, 5.74) is 3.82. The van der Waals surface area contributed by atoms with E-state index in [1.165, 1.54) is 5.56 Å². The highest BCUT2D eigenvalue weighted by atomic mass is 15.5. The summed E-state index contributed by atoms with van der Waals surface area (Å²) in [5, 5.41) is 19.0. The van der Waals surface area contributed by atoms with Gasteiger partial charge in [0, 0.05) is 29.2 Å². The summed E-state index contributed by atoms with van der Waals surface area (Å²) >= 11 is 0. The molecule has 3 aromatic heterocycles. The number of H-pyrrole nitrogens is 1. The number of hydrogen-bond acceptors (Lipinski definition) is 6. The Morgan fingerprint density at radius 1 is 1.06 bits per heavy atom. The first kappa shape index (κ1) is 20.8. The maximum Gasteiger partial charge on any atom is 0.181 e. The lowest BCUT2D eigenvalue weighted by atomic mass is 9.96. The first-order chi connectivity index (χ1) is 15.0. The summed E-state index contributed by atoms with van der Waals surface area (Å²) in [6.45, 7) is 9.35. The number of aromatic nitrogens is 8. The zero-order valence-corrected chi connectivity index (χ0v) is 18.5. The lowest BCUT2D eigenvalue weighted by Gasteiger charge is -2.12. The Labute approximate surface area is 182 Å². The second-order valence-corrected chi connectivity index (χ2v) is 8.71. The Kier molecular flexibility index (Phi) is 5.88. The molecule has 8 nitrogen and oxygen atoms in total. The minimum absolute atomic E-state index is 0.0684. The lowest BCUT2D eigenvalue weighted by molar-refractivity contribution is 0.532. The van der Waals surface area contributed by atoms with Crippen LogP contribution in [0.5, 0.6) is 0 Å². The molecule has 0 saturated heterocycles. The molecule has 0 radical (unpaired) electrons. The number of tetrazole rings is 1. The van der Waals surface area contributed by atoms with E-state index in [4.69, 9.17) is 10.1 Å². The summed E-state index contributed by atoms with van der Waals surface area (Å²) in [6.07, 6.45) is 4.97. The third kappa shape index (κ3) is 4.68. The second-order valence-electron chi connectivity index (χ2n) is 8.71. The Morgan fingerprint density at radius 2 is 1.87 bits per heavy atom. The molecule has 0 spiro atoms. The normalized spacial score (nSPS) is 11.7. The summed E-state index contributed by atoms with van der Waals surface area (Å²) in [5.74, 6) is 2.56. The van der Waals surface area contributed by atoms with Gasteiger partial charge in [0.2, 0.25) is 0 Å². The summed E-state index contributed by atoms with van der Waals surface area (Å²) in [6, 6.07) is 12.2. The van der Waals surface area contributed by atoms with Crippen LogP contribution in [0.3, 0.4) is 0 Å². The molecule has 4 aromatic rings. The predicted octanol–water partition coefficient (Wildman–Crippen LogP) is 4.21. The highest BCUT2D eigenvalue weighted by Crippen LogP contribution is 2.28. The zero-order chi connectivity index (χ0) is 21.8. The average Bonchev–Trinajstić information content (AvgIpc) is 3.43. The van der Waals surface area contributed by atoms with Crippen molar-refractivity contribution in [2.75, 3.05) is 0 Å². The first-order valence-corrected chi connectivity index (χ1v) is 10.7. The van der Waals surface area contributed by atoms with Gasteiger partial charge in [-0.05, 0) is 34.5 Å².